The molecule has 2 aromatic rings. The van der Waals surface area contributed by atoms with E-state index in [1.54, 1.807) is 12.1 Å². The molecule has 0 aliphatic rings. The van der Waals surface area contributed by atoms with Gasteiger partial charge >= 0.3 is 0 Å². The zero-order valence-corrected chi connectivity index (χ0v) is 16.1. The average molecular weight is 414 g/mol. The molecule has 24 heavy (non-hydrogen) atoms. The van der Waals surface area contributed by atoms with Gasteiger partial charge in [0.2, 0.25) is 0 Å². The van der Waals surface area contributed by atoms with Gasteiger partial charge in [-0.2, -0.15) is 0 Å². The van der Waals surface area contributed by atoms with Crippen molar-refractivity contribution in [3.8, 4) is 5.75 Å². The highest BCUT2D eigenvalue weighted by Crippen LogP contribution is 2.24. The molecule has 2 aromatic carbocycles. The van der Waals surface area contributed by atoms with Gasteiger partial charge in [-0.1, -0.05) is 24.3 Å². The Labute approximate surface area is 157 Å². The third kappa shape index (κ3) is 5.82. The average Bonchev–Trinajstić information content (AvgIpc) is 2.54. The normalized spacial score (nSPS) is 10.7. The molecule has 0 aliphatic heterocycles. The van der Waals surface area contributed by atoms with Gasteiger partial charge in [-0.05, 0) is 59.6 Å². The van der Waals surface area contributed by atoms with E-state index in [0.29, 0.717) is 18.7 Å². The SMILES string of the molecule is CC(C)(CN)NC(=O)c1ccc(COc2ccccc2Br)cc1.Cl. The van der Waals surface area contributed by atoms with Gasteiger partial charge in [-0.15, -0.1) is 12.4 Å². The molecule has 3 N–H and O–H groups in total. The lowest BCUT2D eigenvalue weighted by Gasteiger charge is -2.24. The number of halogens is 2. The van der Waals surface area contributed by atoms with Crippen molar-refractivity contribution in [2.24, 2.45) is 5.73 Å². The number of nitrogens with one attached hydrogen (secondary N) is 1. The minimum Gasteiger partial charge on any atom is -0.488 e. The Balaban J connectivity index is 0.00000288. The number of rotatable bonds is 6. The molecular formula is C18H22BrClN2O2. The summed E-state index contributed by atoms with van der Waals surface area (Å²) < 4.78 is 6.67. The molecule has 1 amide bonds. The van der Waals surface area contributed by atoms with Crippen LogP contribution < -0.4 is 15.8 Å². The zero-order chi connectivity index (χ0) is 16.9. The van der Waals surface area contributed by atoms with Crippen molar-refractivity contribution in [2.75, 3.05) is 6.54 Å². The third-order valence-electron chi connectivity index (χ3n) is 3.41. The number of amides is 1. The Kier molecular flexibility index (Phi) is 7.73. The van der Waals surface area contributed by atoms with Crippen LogP contribution in [-0.2, 0) is 6.61 Å². The molecule has 0 saturated carbocycles. The Morgan fingerprint density at radius 2 is 1.79 bits per heavy atom. The lowest BCUT2D eigenvalue weighted by atomic mass is 10.0. The standard InChI is InChI=1S/C18H21BrN2O2.ClH/c1-18(2,12-20)21-17(22)14-9-7-13(8-10-14)11-23-16-6-4-3-5-15(16)19;/h3-10H,11-12,20H2,1-2H3,(H,21,22);1H. The van der Waals surface area contributed by atoms with Crippen molar-refractivity contribution in [3.63, 3.8) is 0 Å². The zero-order valence-electron chi connectivity index (χ0n) is 13.7. The van der Waals surface area contributed by atoms with E-state index in [-0.39, 0.29) is 18.3 Å². The molecule has 0 fully saturated rings. The van der Waals surface area contributed by atoms with Crippen molar-refractivity contribution in [3.05, 3.63) is 64.1 Å². The van der Waals surface area contributed by atoms with Crippen LogP contribution in [0.15, 0.2) is 53.0 Å². The van der Waals surface area contributed by atoms with Gasteiger partial charge < -0.3 is 15.8 Å². The van der Waals surface area contributed by atoms with Gasteiger partial charge in [-0.25, -0.2) is 0 Å². The van der Waals surface area contributed by atoms with E-state index in [0.717, 1.165) is 15.8 Å². The van der Waals surface area contributed by atoms with Crippen LogP contribution >= 0.6 is 28.3 Å². The molecule has 0 aromatic heterocycles. The molecule has 6 heteroatoms. The van der Waals surface area contributed by atoms with E-state index in [1.165, 1.54) is 0 Å². The molecule has 2 rings (SSSR count). The van der Waals surface area contributed by atoms with Gasteiger partial charge in [-0.3, -0.25) is 4.79 Å². The number of ether oxygens (including phenoxy) is 1. The Bertz CT molecular complexity index is 675. The number of para-hydroxylation sites is 1. The van der Waals surface area contributed by atoms with Crippen LogP contribution in [0.1, 0.15) is 29.8 Å². The van der Waals surface area contributed by atoms with Gasteiger partial charge in [0.05, 0.1) is 4.47 Å². The van der Waals surface area contributed by atoms with Gasteiger partial charge in [0.25, 0.3) is 5.91 Å². The Morgan fingerprint density at radius 1 is 1.17 bits per heavy atom. The molecule has 130 valence electrons. The fraction of sp³-hybridized carbons (Fsp3) is 0.278. The van der Waals surface area contributed by atoms with Crippen LogP contribution in [-0.4, -0.2) is 18.0 Å². The summed E-state index contributed by atoms with van der Waals surface area (Å²) in [7, 11) is 0. The number of nitrogens with two attached hydrogens (primary N) is 1. The number of carbonyl (C=O) groups is 1. The van der Waals surface area contributed by atoms with Crippen molar-refractivity contribution in [1.82, 2.24) is 5.32 Å². The lowest BCUT2D eigenvalue weighted by molar-refractivity contribution is 0.0915. The first-order chi connectivity index (χ1) is 10.9. The number of hydrogen-bond donors (Lipinski definition) is 2. The molecule has 0 heterocycles. The molecule has 0 spiro atoms. The maximum absolute atomic E-state index is 12.2. The monoisotopic (exact) mass is 412 g/mol. The van der Waals surface area contributed by atoms with Crippen molar-refractivity contribution in [1.29, 1.82) is 0 Å². The van der Waals surface area contributed by atoms with Crippen molar-refractivity contribution >= 4 is 34.2 Å². The smallest absolute Gasteiger partial charge is 0.251 e. The topological polar surface area (TPSA) is 64.3 Å². The fourth-order valence-corrected chi connectivity index (χ4v) is 2.30. The summed E-state index contributed by atoms with van der Waals surface area (Å²) >= 11 is 3.45. The first-order valence-electron chi connectivity index (χ1n) is 7.40. The molecule has 0 atom stereocenters. The van der Waals surface area contributed by atoms with Crippen molar-refractivity contribution < 1.29 is 9.53 Å². The molecule has 0 bridgehead atoms. The maximum Gasteiger partial charge on any atom is 0.251 e. The van der Waals surface area contributed by atoms with Gasteiger partial charge in [0.15, 0.2) is 0 Å². The Morgan fingerprint density at radius 3 is 2.38 bits per heavy atom. The minimum absolute atomic E-state index is 0. The fourth-order valence-electron chi connectivity index (χ4n) is 1.91. The highest BCUT2D eigenvalue weighted by Gasteiger charge is 2.19. The summed E-state index contributed by atoms with van der Waals surface area (Å²) in [5.74, 6) is 0.665. The second-order valence-corrected chi connectivity index (χ2v) is 6.81. The van der Waals surface area contributed by atoms with E-state index < -0.39 is 5.54 Å². The predicted octanol–water partition coefficient (Wildman–Crippen LogP) is 3.92. The van der Waals surface area contributed by atoms with Crippen LogP contribution in [0.3, 0.4) is 0 Å². The molecule has 0 aliphatic carbocycles. The quantitative estimate of drug-likeness (QED) is 0.754. The van der Waals surface area contributed by atoms with Crippen LogP contribution in [0.25, 0.3) is 0 Å². The van der Waals surface area contributed by atoms with Crippen LogP contribution in [0.2, 0.25) is 0 Å². The number of hydrogen-bond acceptors (Lipinski definition) is 3. The molecule has 0 unspecified atom stereocenters. The van der Waals surface area contributed by atoms with Crippen LogP contribution in [0.5, 0.6) is 5.75 Å². The van der Waals surface area contributed by atoms with E-state index in [4.69, 9.17) is 10.5 Å². The van der Waals surface area contributed by atoms with Crippen LogP contribution in [0, 0.1) is 0 Å². The first-order valence-corrected chi connectivity index (χ1v) is 8.19. The largest absolute Gasteiger partial charge is 0.488 e. The maximum atomic E-state index is 12.2. The second-order valence-electron chi connectivity index (χ2n) is 5.96. The highest BCUT2D eigenvalue weighted by molar-refractivity contribution is 9.10. The van der Waals surface area contributed by atoms with Crippen LogP contribution in [0.4, 0.5) is 0 Å². The molecule has 0 radical (unpaired) electrons. The lowest BCUT2D eigenvalue weighted by Crippen LogP contribution is -2.48. The number of benzene rings is 2. The van der Waals surface area contributed by atoms with E-state index in [1.807, 2.05) is 50.2 Å². The summed E-state index contributed by atoms with van der Waals surface area (Å²) in [5.41, 5.74) is 6.81. The molecule has 0 saturated heterocycles. The third-order valence-corrected chi connectivity index (χ3v) is 4.06. The summed E-state index contributed by atoms with van der Waals surface area (Å²) in [6, 6.07) is 15.1. The number of carbonyl (C=O) groups excluding carboxylic acids is 1. The predicted molar refractivity (Wildman–Crippen MR) is 103 cm³/mol. The van der Waals surface area contributed by atoms with E-state index in [2.05, 4.69) is 21.2 Å². The van der Waals surface area contributed by atoms with Crippen molar-refractivity contribution in [2.45, 2.75) is 26.0 Å². The minimum atomic E-state index is -0.418. The summed E-state index contributed by atoms with van der Waals surface area (Å²) in [6.45, 7) is 4.62. The first kappa shape index (κ1) is 20.5. The summed E-state index contributed by atoms with van der Waals surface area (Å²) in [6.07, 6.45) is 0. The highest BCUT2D eigenvalue weighted by atomic mass is 79.9. The van der Waals surface area contributed by atoms with E-state index >= 15 is 0 Å². The summed E-state index contributed by atoms with van der Waals surface area (Å²) in [5, 5.41) is 2.91. The van der Waals surface area contributed by atoms with E-state index in [9.17, 15) is 4.79 Å². The molecular weight excluding hydrogens is 392 g/mol. The Hall–Kier alpha value is -1.56. The van der Waals surface area contributed by atoms with Gasteiger partial charge in [0.1, 0.15) is 12.4 Å². The van der Waals surface area contributed by atoms with Gasteiger partial charge in [0, 0.05) is 17.6 Å². The summed E-state index contributed by atoms with van der Waals surface area (Å²) in [4.78, 5) is 12.2. The second kappa shape index (κ2) is 9.06. The molecule has 4 nitrogen and oxygen atoms in total.